The number of nitrogens with one attached hydrogen (secondary N) is 1. The summed E-state index contributed by atoms with van der Waals surface area (Å²) < 4.78 is 0. The predicted octanol–water partition coefficient (Wildman–Crippen LogP) is 5.33. The molecule has 0 heterocycles. The molecule has 0 spiro atoms. The number of anilines is 1. The van der Waals surface area contributed by atoms with E-state index in [1.54, 1.807) is 0 Å². The van der Waals surface area contributed by atoms with Gasteiger partial charge in [-0.15, -0.1) is 0 Å². The SMILES string of the molecule is CC(=S)Nc1ccc2c(c1)[C@@H](N)CC[C@H]2c1ccc(Cl)c(C)c1. The molecule has 0 fully saturated rings. The Labute approximate surface area is 148 Å². The van der Waals surface area contributed by atoms with E-state index in [4.69, 9.17) is 29.6 Å². The summed E-state index contributed by atoms with van der Waals surface area (Å²) in [7, 11) is 0. The fourth-order valence-electron chi connectivity index (χ4n) is 3.38. The minimum atomic E-state index is 0.0850. The van der Waals surface area contributed by atoms with Gasteiger partial charge in [0.05, 0.1) is 4.99 Å². The van der Waals surface area contributed by atoms with Crippen molar-refractivity contribution in [3.05, 3.63) is 63.7 Å². The van der Waals surface area contributed by atoms with Gasteiger partial charge in [0.1, 0.15) is 0 Å². The molecule has 0 aromatic heterocycles. The molecule has 2 aromatic rings. The molecule has 2 nitrogen and oxygen atoms in total. The van der Waals surface area contributed by atoms with Gasteiger partial charge in [-0.1, -0.05) is 42.0 Å². The van der Waals surface area contributed by atoms with Crippen LogP contribution in [0.15, 0.2) is 36.4 Å². The van der Waals surface area contributed by atoms with E-state index in [0.29, 0.717) is 5.92 Å². The van der Waals surface area contributed by atoms with E-state index >= 15 is 0 Å². The molecule has 3 rings (SSSR count). The highest BCUT2D eigenvalue weighted by molar-refractivity contribution is 7.80. The molecule has 0 unspecified atom stereocenters. The lowest BCUT2D eigenvalue weighted by atomic mass is 9.76. The van der Waals surface area contributed by atoms with Crippen LogP contribution in [0.1, 0.15) is 54.0 Å². The number of thiocarbonyl (C=S) groups is 1. The largest absolute Gasteiger partial charge is 0.350 e. The van der Waals surface area contributed by atoms with Crippen LogP contribution in [-0.2, 0) is 0 Å². The van der Waals surface area contributed by atoms with Gasteiger partial charge in [0, 0.05) is 22.7 Å². The van der Waals surface area contributed by atoms with Crippen molar-refractivity contribution in [2.75, 3.05) is 5.32 Å². The van der Waals surface area contributed by atoms with Crippen LogP contribution in [0.4, 0.5) is 5.69 Å². The van der Waals surface area contributed by atoms with Crippen LogP contribution in [0.3, 0.4) is 0 Å². The Morgan fingerprint density at radius 2 is 1.96 bits per heavy atom. The Kier molecular flexibility index (Phi) is 4.72. The molecule has 120 valence electrons. The molecular weight excluding hydrogens is 324 g/mol. The Morgan fingerprint density at radius 1 is 1.17 bits per heavy atom. The van der Waals surface area contributed by atoms with Gasteiger partial charge in [-0.05, 0) is 67.1 Å². The summed E-state index contributed by atoms with van der Waals surface area (Å²) in [6.07, 6.45) is 2.05. The first kappa shape index (κ1) is 16.4. The van der Waals surface area contributed by atoms with Crippen LogP contribution >= 0.6 is 23.8 Å². The fraction of sp³-hybridized carbons (Fsp3) is 0.316. The molecule has 0 radical (unpaired) electrons. The zero-order chi connectivity index (χ0) is 16.6. The van der Waals surface area contributed by atoms with Crippen LogP contribution in [0, 0.1) is 6.92 Å². The number of hydrogen-bond donors (Lipinski definition) is 2. The van der Waals surface area contributed by atoms with E-state index in [-0.39, 0.29) is 6.04 Å². The normalized spacial score (nSPS) is 20.0. The van der Waals surface area contributed by atoms with Crippen molar-refractivity contribution >= 4 is 34.5 Å². The molecule has 0 saturated heterocycles. The van der Waals surface area contributed by atoms with Crippen molar-refractivity contribution in [1.29, 1.82) is 0 Å². The van der Waals surface area contributed by atoms with Crippen LogP contribution in [-0.4, -0.2) is 4.99 Å². The Balaban J connectivity index is 2.01. The van der Waals surface area contributed by atoms with E-state index in [1.807, 2.05) is 13.0 Å². The van der Waals surface area contributed by atoms with Gasteiger partial charge in [-0.2, -0.15) is 0 Å². The summed E-state index contributed by atoms with van der Waals surface area (Å²) in [5.74, 6) is 0.378. The molecule has 2 aromatic carbocycles. The van der Waals surface area contributed by atoms with Gasteiger partial charge in [0.15, 0.2) is 0 Å². The lowest BCUT2D eigenvalue weighted by molar-refractivity contribution is 0.530. The van der Waals surface area contributed by atoms with Gasteiger partial charge in [0.2, 0.25) is 0 Å². The first-order valence-electron chi connectivity index (χ1n) is 7.89. The molecule has 0 saturated carbocycles. The molecule has 1 aliphatic rings. The van der Waals surface area contributed by atoms with E-state index in [2.05, 4.69) is 42.6 Å². The summed E-state index contributed by atoms with van der Waals surface area (Å²) in [5.41, 5.74) is 12.3. The van der Waals surface area contributed by atoms with Crippen molar-refractivity contribution < 1.29 is 0 Å². The minimum absolute atomic E-state index is 0.0850. The van der Waals surface area contributed by atoms with Crippen LogP contribution in [0.5, 0.6) is 0 Å². The van der Waals surface area contributed by atoms with Crippen molar-refractivity contribution in [3.8, 4) is 0 Å². The molecule has 0 bridgehead atoms. The number of benzene rings is 2. The van der Waals surface area contributed by atoms with Gasteiger partial charge in [-0.25, -0.2) is 0 Å². The fourth-order valence-corrected chi connectivity index (χ4v) is 3.62. The number of aryl methyl sites for hydroxylation is 1. The Bertz CT molecular complexity index is 757. The van der Waals surface area contributed by atoms with Gasteiger partial charge in [-0.3, -0.25) is 0 Å². The lowest BCUT2D eigenvalue weighted by Crippen LogP contribution is -2.21. The number of nitrogens with two attached hydrogens (primary N) is 1. The van der Waals surface area contributed by atoms with Gasteiger partial charge >= 0.3 is 0 Å². The summed E-state index contributed by atoms with van der Waals surface area (Å²) in [5, 5.41) is 4.02. The van der Waals surface area contributed by atoms with Crippen LogP contribution < -0.4 is 11.1 Å². The highest BCUT2D eigenvalue weighted by Gasteiger charge is 2.26. The topological polar surface area (TPSA) is 38.0 Å². The quantitative estimate of drug-likeness (QED) is 0.723. The summed E-state index contributed by atoms with van der Waals surface area (Å²) in [6.45, 7) is 3.94. The standard InChI is InChI=1S/C19H21ClN2S/c1-11-9-13(3-7-18(11)20)15-6-8-19(21)17-10-14(22-12(2)23)4-5-16(15)17/h3-5,7,9-10,15,19H,6,8,21H2,1-2H3,(H,22,23)/t15-,19-/m0/s1. The maximum atomic E-state index is 6.36. The molecule has 2 atom stereocenters. The predicted molar refractivity (Wildman–Crippen MR) is 103 cm³/mol. The molecule has 4 heteroatoms. The number of fused-ring (bicyclic) bond motifs is 1. The zero-order valence-electron chi connectivity index (χ0n) is 13.4. The van der Waals surface area contributed by atoms with E-state index in [1.165, 1.54) is 16.7 Å². The van der Waals surface area contributed by atoms with Crippen LogP contribution in [0.2, 0.25) is 5.02 Å². The van der Waals surface area contributed by atoms with Crippen molar-refractivity contribution in [2.45, 2.75) is 38.6 Å². The second-order valence-corrected chi connectivity index (χ2v) is 7.29. The summed E-state index contributed by atoms with van der Waals surface area (Å²) in [4.78, 5) is 0.763. The van der Waals surface area contributed by atoms with Crippen molar-refractivity contribution in [2.24, 2.45) is 5.73 Å². The zero-order valence-corrected chi connectivity index (χ0v) is 15.0. The Morgan fingerprint density at radius 3 is 2.65 bits per heavy atom. The highest BCUT2D eigenvalue weighted by atomic mass is 35.5. The van der Waals surface area contributed by atoms with Crippen molar-refractivity contribution in [3.63, 3.8) is 0 Å². The van der Waals surface area contributed by atoms with E-state index in [9.17, 15) is 0 Å². The van der Waals surface area contributed by atoms with Gasteiger partial charge < -0.3 is 11.1 Å². The molecular formula is C19H21ClN2S. The molecule has 0 aliphatic heterocycles. The minimum Gasteiger partial charge on any atom is -0.350 e. The maximum Gasteiger partial charge on any atom is 0.0765 e. The lowest BCUT2D eigenvalue weighted by Gasteiger charge is -2.31. The number of rotatable bonds is 2. The molecule has 1 aliphatic carbocycles. The summed E-state index contributed by atoms with van der Waals surface area (Å²) >= 11 is 11.3. The monoisotopic (exact) mass is 344 g/mol. The van der Waals surface area contributed by atoms with Gasteiger partial charge in [0.25, 0.3) is 0 Å². The first-order chi connectivity index (χ1) is 11.0. The molecule has 0 amide bonds. The third-order valence-electron chi connectivity index (χ3n) is 4.53. The summed E-state index contributed by atoms with van der Waals surface area (Å²) in [6, 6.07) is 12.8. The smallest absolute Gasteiger partial charge is 0.0765 e. The molecule has 3 N–H and O–H groups in total. The second-order valence-electron chi connectivity index (χ2n) is 6.27. The third-order valence-corrected chi connectivity index (χ3v) is 5.06. The highest BCUT2D eigenvalue weighted by Crippen LogP contribution is 2.41. The number of hydrogen-bond acceptors (Lipinski definition) is 2. The number of halogens is 1. The second kappa shape index (κ2) is 6.60. The maximum absolute atomic E-state index is 6.36. The average Bonchev–Trinajstić information content (AvgIpc) is 2.50. The van der Waals surface area contributed by atoms with Crippen LogP contribution in [0.25, 0.3) is 0 Å². The average molecular weight is 345 g/mol. The van der Waals surface area contributed by atoms with Crippen molar-refractivity contribution in [1.82, 2.24) is 0 Å². The third kappa shape index (κ3) is 3.42. The van der Waals surface area contributed by atoms with E-state index in [0.717, 1.165) is 34.1 Å². The molecule has 23 heavy (non-hydrogen) atoms. The Hall–Kier alpha value is -1.42. The first-order valence-corrected chi connectivity index (χ1v) is 8.67. The van der Waals surface area contributed by atoms with E-state index < -0.39 is 0 Å².